The molecule has 0 aromatic heterocycles. The van der Waals surface area contributed by atoms with E-state index in [1.165, 1.54) is 31.0 Å². The van der Waals surface area contributed by atoms with Crippen molar-refractivity contribution < 1.29 is 9.13 Å². The predicted octanol–water partition coefficient (Wildman–Crippen LogP) is 4.47. The molecule has 1 fully saturated rings. The fraction of sp³-hybridized carbons (Fsp3) is 0.429. The minimum absolute atomic E-state index is 0.169. The standard InChI is InChI=1S/C21H26FNO/c1-23-14-5-9-20(23)13-15-24-21-10-3-2-7-18(21)12-11-17-6-4-8-19(22)16-17/h2-4,6-8,10,16,20H,5,9,11-15H2,1H3. The first kappa shape index (κ1) is 17.0. The maximum absolute atomic E-state index is 13.3. The third-order valence-corrected chi connectivity index (χ3v) is 4.92. The van der Waals surface area contributed by atoms with Gasteiger partial charge in [-0.3, -0.25) is 0 Å². The molecule has 0 N–H and O–H groups in total. The fourth-order valence-corrected chi connectivity index (χ4v) is 3.47. The molecule has 1 atom stereocenters. The van der Waals surface area contributed by atoms with Crippen LogP contribution in [0.1, 0.15) is 30.4 Å². The van der Waals surface area contributed by atoms with Gasteiger partial charge in [0.05, 0.1) is 6.61 Å². The number of aryl methyl sites for hydroxylation is 2. The minimum atomic E-state index is -0.169. The first-order chi connectivity index (χ1) is 11.7. The van der Waals surface area contributed by atoms with Crippen molar-refractivity contribution >= 4 is 0 Å². The molecule has 1 aliphatic heterocycles. The molecule has 0 spiro atoms. The Bertz CT molecular complexity index is 658. The van der Waals surface area contributed by atoms with Crippen molar-refractivity contribution in [1.29, 1.82) is 0 Å². The van der Waals surface area contributed by atoms with E-state index in [4.69, 9.17) is 4.74 Å². The molecule has 2 nitrogen and oxygen atoms in total. The highest BCUT2D eigenvalue weighted by Gasteiger charge is 2.20. The Kier molecular flexibility index (Phi) is 5.86. The second-order valence-electron chi connectivity index (χ2n) is 6.65. The van der Waals surface area contributed by atoms with Gasteiger partial charge in [-0.25, -0.2) is 4.39 Å². The van der Waals surface area contributed by atoms with Gasteiger partial charge in [-0.05, 0) is 75.0 Å². The maximum Gasteiger partial charge on any atom is 0.123 e. The number of likely N-dealkylation sites (tertiary alicyclic amines) is 1. The molecule has 3 heteroatoms. The number of halogens is 1. The van der Waals surface area contributed by atoms with Gasteiger partial charge in [-0.2, -0.15) is 0 Å². The van der Waals surface area contributed by atoms with E-state index in [2.05, 4.69) is 18.0 Å². The summed E-state index contributed by atoms with van der Waals surface area (Å²) in [5.74, 6) is 0.798. The van der Waals surface area contributed by atoms with Crippen LogP contribution in [0.4, 0.5) is 4.39 Å². The number of para-hydroxylation sites is 1. The summed E-state index contributed by atoms with van der Waals surface area (Å²) in [6, 6.07) is 15.7. The van der Waals surface area contributed by atoms with Gasteiger partial charge in [0.2, 0.25) is 0 Å². The first-order valence-corrected chi connectivity index (χ1v) is 8.88. The van der Waals surface area contributed by atoms with Gasteiger partial charge >= 0.3 is 0 Å². The lowest BCUT2D eigenvalue weighted by Crippen LogP contribution is -2.26. The van der Waals surface area contributed by atoms with Crippen LogP contribution in [0.5, 0.6) is 5.75 Å². The quantitative estimate of drug-likeness (QED) is 0.744. The normalized spacial score (nSPS) is 18.0. The Labute approximate surface area is 144 Å². The zero-order valence-corrected chi connectivity index (χ0v) is 14.4. The van der Waals surface area contributed by atoms with Crippen molar-refractivity contribution in [1.82, 2.24) is 4.90 Å². The second kappa shape index (κ2) is 8.29. The van der Waals surface area contributed by atoms with Gasteiger partial charge < -0.3 is 9.64 Å². The van der Waals surface area contributed by atoms with E-state index in [0.717, 1.165) is 37.2 Å². The van der Waals surface area contributed by atoms with Gasteiger partial charge in [-0.1, -0.05) is 30.3 Å². The first-order valence-electron chi connectivity index (χ1n) is 8.88. The van der Waals surface area contributed by atoms with E-state index in [0.29, 0.717) is 6.04 Å². The largest absolute Gasteiger partial charge is 0.493 e. The molecule has 2 aromatic rings. The van der Waals surface area contributed by atoms with Gasteiger partial charge in [0, 0.05) is 6.04 Å². The van der Waals surface area contributed by atoms with Crippen molar-refractivity contribution in [2.24, 2.45) is 0 Å². The topological polar surface area (TPSA) is 12.5 Å². The Balaban J connectivity index is 1.54. The smallest absolute Gasteiger partial charge is 0.123 e. The Morgan fingerprint density at radius 1 is 1.12 bits per heavy atom. The van der Waals surface area contributed by atoms with Crippen LogP contribution in [0.25, 0.3) is 0 Å². The third kappa shape index (κ3) is 4.57. The monoisotopic (exact) mass is 327 g/mol. The molecule has 2 aromatic carbocycles. The SMILES string of the molecule is CN1CCCC1CCOc1ccccc1CCc1cccc(F)c1. The van der Waals surface area contributed by atoms with Gasteiger partial charge in [0.25, 0.3) is 0 Å². The molecule has 24 heavy (non-hydrogen) atoms. The zero-order valence-electron chi connectivity index (χ0n) is 14.4. The Hall–Kier alpha value is -1.87. The van der Waals surface area contributed by atoms with Crippen LogP contribution in [-0.2, 0) is 12.8 Å². The molecule has 0 radical (unpaired) electrons. The molecular formula is C21H26FNO. The summed E-state index contributed by atoms with van der Waals surface area (Å²) in [6.07, 6.45) is 5.34. The number of hydrogen-bond acceptors (Lipinski definition) is 2. The lowest BCUT2D eigenvalue weighted by molar-refractivity contribution is 0.232. The highest BCUT2D eigenvalue weighted by Crippen LogP contribution is 2.22. The Morgan fingerprint density at radius 3 is 2.79 bits per heavy atom. The average molecular weight is 327 g/mol. The molecule has 1 unspecified atom stereocenters. The fourth-order valence-electron chi connectivity index (χ4n) is 3.47. The lowest BCUT2D eigenvalue weighted by atomic mass is 10.0. The summed E-state index contributed by atoms with van der Waals surface area (Å²) in [7, 11) is 2.20. The summed E-state index contributed by atoms with van der Waals surface area (Å²) >= 11 is 0. The van der Waals surface area contributed by atoms with E-state index in [9.17, 15) is 4.39 Å². The van der Waals surface area contributed by atoms with Gasteiger partial charge in [0.1, 0.15) is 11.6 Å². The van der Waals surface area contributed by atoms with Crippen molar-refractivity contribution in [2.75, 3.05) is 20.2 Å². The van der Waals surface area contributed by atoms with E-state index >= 15 is 0 Å². The van der Waals surface area contributed by atoms with Crippen LogP contribution in [0.2, 0.25) is 0 Å². The van der Waals surface area contributed by atoms with Crippen LogP contribution < -0.4 is 4.74 Å². The summed E-state index contributed by atoms with van der Waals surface area (Å²) in [6.45, 7) is 1.96. The number of benzene rings is 2. The molecule has 0 aliphatic carbocycles. The number of hydrogen-bond donors (Lipinski definition) is 0. The second-order valence-corrected chi connectivity index (χ2v) is 6.65. The van der Waals surface area contributed by atoms with Crippen LogP contribution in [0.15, 0.2) is 48.5 Å². The Morgan fingerprint density at radius 2 is 2.00 bits per heavy atom. The predicted molar refractivity (Wildman–Crippen MR) is 96.0 cm³/mol. The van der Waals surface area contributed by atoms with Crippen molar-refractivity contribution in [3.63, 3.8) is 0 Å². The zero-order chi connectivity index (χ0) is 16.8. The van der Waals surface area contributed by atoms with E-state index < -0.39 is 0 Å². The highest BCUT2D eigenvalue weighted by atomic mass is 19.1. The molecule has 1 aliphatic rings. The summed E-state index contributed by atoms with van der Waals surface area (Å²) in [4.78, 5) is 2.43. The van der Waals surface area contributed by atoms with E-state index in [1.807, 2.05) is 24.3 Å². The highest BCUT2D eigenvalue weighted by molar-refractivity contribution is 5.34. The third-order valence-electron chi connectivity index (χ3n) is 4.92. The molecule has 0 amide bonds. The molecule has 0 bridgehead atoms. The van der Waals surface area contributed by atoms with Crippen molar-refractivity contribution in [3.8, 4) is 5.75 Å². The molecular weight excluding hydrogens is 301 g/mol. The van der Waals surface area contributed by atoms with Crippen LogP contribution in [-0.4, -0.2) is 31.1 Å². The summed E-state index contributed by atoms with van der Waals surface area (Å²) in [5.41, 5.74) is 2.22. The van der Waals surface area contributed by atoms with Crippen LogP contribution in [0.3, 0.4) is 0 Å². The minimum Gasteiger partial charge on any atom is -0.493 e. The average Bonchev–Trinajstić information content (AvgIpc) is 2.99. The summed E-state index contributed by atoms with van der Waals surface area (Å²) in [5, 5.41) is 0. The summed E-state index contributed by atoms with van der Waals surface area (Å²) < 4.78 is 19.3. The molecule has 0 saturated carbocycles. The van der Waals surface area contributed by atoms with E-state index in [1.54, 1.807) is 12.1 Å². The molecule has 1 heterocycles. The molecule has 1 saturated heterocycles. The maximum atomic E-state index is 13.3. The number of rotatable bonds is 7. The number of nitrogens with zero attached hydrogens (tertiary/aromatic N) is 1. The van der Waals surface area contributed by atoms with Crippen molar-refractivity contribution in [3.05, 3.63) is 65.5 Å². The van der Waals surface area contributed by atoms with Gasteiger partial charge in [-0.15, -0.1) is 0 Å². The lowest BCUT2D eigenvalue weighted by Gasteiger charge is -2.20. The van der Waals surface area contributed by atoms with Crippen molar-refractivity contribution in [2.45, 2.75) is 38.1 Å². The molecule has 3 rings (SSSR count). The molecule has 128 valence electrons. The van der Waals surface area contributed by atoms with Crippen LogP contribution >= 0.6 is 0 Å². The van der Waals surface area contributed by atoms with Gasteiger partial charge in [0.15, 0.2) is 0 Å². The number of ether oxygens (including phenoxy) is 1. The van der Waals surface area contributed by atoms with Crippen LogP contribution in [0, 0.1) is 5.82 Å². The van der Waals surface area contributed by atoms with E-state index in [-0.39, 0.29) is 5.82 Å².